The first-order valence-electron chi connectivity index (χ1n) is 4.02. The fourth-order valence-electron chi connectivity index (χ4n) is 1.03. The van der Waals surface area contributed by atoms with Gasteiger partial charge in [-0.15, -0.1) is 0 Å². The molecule has 0 aliphatic rings. The molecule has 0 aromatic heterocycles. The lowest BCUT2D eigenvalue weighted by Gasteiger charge is -2.09. The predicted octanol–water partition coefficient (Wildman–Crippen LogP) is 1.53. The van der Waals surface area contributed by atoms with Crippen LogP contribution in [0.25, 0.3) is 0 Å². The van der Waals surface area contributed by atoms with Crippen molar-refractivity contribution in [2.75, 3.05) is 12.3 Å². The fraction of sp³-hybridized carbons (Fsp3) is 0.100. The Kier molecular flexibility index (Phi) is 3.12. The minimum absolute atomic E-state index is 0.0619. The Morgan fingerprint density at radius 2 is 2.36 bits per heavy atom. The summed E-state index contributed by atoms with van der Waals surface area (Å²) in [5, 5.41) is 8.83. The van der Waals surface area contributed by atoms with Crippen LogP contribution < -0.4 is 10.5 Å². The van der Waals surface area contributed by atoms with Crippen molar-refractivity contribution in [3.63, 3.8) is 0 Å². The van der Waals surface area contributed by atoms with Crippen LogP contribution in [0.2, 0.25) is 0 Å². The molecule has 0 aliphatic heterocycles. The van der Waals surface area contributed by atoms with E-state index in [0.717, 1.165) is 0 Å². The van der Waals surface area contributed by atoms with Crippen LogP contribution in [-0.4, -0.2) is 17.7 Å². The lowest BCUT2D eigenvalue weighted by molar-refractivity contribution is 0.0693. The van der Waals surface area contributed by atoms with Crippen LogP contribution in [0, 0.1) is 0 Å². The average Bonchev–Trinajstić information content (AvgIpc) is 2.15. The summed E-state index contributed by atoms with van der Waals surface area (Å²) in [5.41, 5.74) is 5.95. The minimum atomic E-state index is -1.06. The standard InChI is InChI=1S/C10H11NO3/c1-2-6-14-9-7(10(12)13)4-3-5-8(9)11/h2-5H,1,6,11H2,(H,12,13). The number of hydrogen-bond donors (Lipinski definition) is 2. The molecular weight excluding hydrogens is 182 g/mol. The van der Waals surface area contributed by atoms with E-state index in [1.165, 1.54) is 12.1 Å². The van der Waals surface area contributed by atoms with Crippen molar-refractivity contribution >= 4 is 11.7 Å². The van der Waals surface area contributed by atoms with Crippen molar-refractivity contribution in [3.05, 3.63) is 36.4 Å². The molecule has 1 aromatic carbocycles. The highest BCUT2D eigenvalue weighted by molar-refractivity contribution is 5.93. The molecular formula is C10H11NO3. The van der Waals surface area contributed by atoms with Crippen molar-refractivity contribution < 1.29 is 14.6 Å². The second-order valence-corrected chi connectivity index (χ2v) is 2.63. The Morgan fingerprint density at radius 3 is 2.93 bits per heavy atom. The first kappa shape index (κ1) is 10.1. The van der Waals surface area contributed by atoms with Crippen LogP contribution in [0.4, 0.5) is 5.69 Å². The third-order valence-corrected chi connectivity index (χ3v) is 1.62. The van der Waals surface area contributed by atoms with Gasteiger partial charge in [0.25, 0.3) is 0 Å². The third-order valence-electron chi connectivity index (χ3n) is 1.62. The molecule has 4 nitrogen and oxygen atoms in total. The second kappa shape index (κ2) is 4.32. The van der Waals surface area contributed by atoms with Gasteiger partial charge in [0.15, 0.2) is 5.75 Å². The second-order valence-electron chi connectivity index (χ2n) is 2.63. The molecule has 1 rings (SSSR count). The molecule has 0 unspecified atom stereocenters. The van der Waals surface area contributed by atoms with Crippen LogP contribution in [-0.2, 0) is 0 Å². The van der Waals surface area contributed by atoms with Gasteiger partial charge in [-0.25, -0.2) is 4.79 Å². The molecule has 74 valence electrons. The summed E-state index contributed by atoms with van der Waals surface area (Å²) in [5.74, 6) is -0.865. The summed E-state index contributed by atoms with van der Waals surface area (Å²) in [6, 6.07) is 4.60. The van der Waals surface area contributed by atoms with Gasteiger partial charge >= 0.3 is 5.97 Å². The number of carboxylic acids is 1. The van der Waals surface area contributed by atoms with E-state index in [0.29, 0.717) is 5.69 Å². The highest BCUT2D eigenvalue weighted by Gasteiger charge is 2.12. The number of aromatic carboxylic acids is 1. The van der Waals surface area contributed by atoms with Crippen LogP contribution in [0.3, 0.4) is 0 Å². The molecule has 3 N–H and O–H groups in total. The summed E-state index contributed by atoms with van der Waals surface area (Å²) in [6.07, 6.45) is 1.53. The summed E-state index contributed by atoms with van der Waals surface area (Å²) >= 11 is 0. The maximum Gasteiger partial charge on any atom is 0.339 e. The van der Waals surface area contributed by atoms with E-state index in [1.54, 1.807) is 12.1 Å². The van der Waals surface area contributed by atoms with Crippen LogP contribution in [0.1, 0.15) is 10.4 Å². The number of rotatable bonds is 4. The van der Waals surface area contributed by atoms with Gasteiger partial charge in [0, 0.05) is 0 Å². The number of hydrogen-bond acceptors (Lipinski definition) is 3. The Bertz CT molecular complexity index is 360. The lowest BCUT2D eigenvalue weighted by Crippen LogP contribution is -2.05. The first-order chi connectivity index (χ1) is 6.66. The summed E-state index contributed by atoms with van der Waals surface area (Å²) in [6.45, 7) is 3.70. The van der Waals surface area contributed by atoms with E-state index < -0.39 is 5.97 Å². The normalized spacial score (nSPS) is 9.43. The number of para-hydroxylation sites is 1. The fourth-order valence-corrected chi connectivity index (χ4v) is 1.03. The molecule has 0 amide bonds. The zero-order valence-corrected chi connectivity index (χ0v) is 7.56. The maximum absolute atomic E-state index is 10.8. The Hall–Kier alpha value is -1.97. The van der Waals surface area contributed by atoms with Crippen LogP contribution in [0.5, 0.6) is 5.75 Å². The number of nitrogens with two attached hydrogens (primary N) is 1. The molecule has 0 bridgehead atoms. The molecule has 0 spiro atoms. The third kappa shape index (κ3) is 2.04. The summed E-state index contributed by atoms with van der Waals surface area (Å²) in [7, 11) is 0. The molecule has 0 saturated carbocycles. The Morgan fingerprint density at radius 1 is 1.64 bits per heavy atom. The molecule has 0 radical (unpaired) electrons. The van der Waals surface area contributed by atoms with Gasteiger partial charge in [0.05, 0.1) is 5.69 Å². The molecule has 0 heterocycles. The molecule has 1 aromatic rings. The Labute approximate surface area is 81.6 Å². The minimum Gasteiger partial charge on any atom is -0.486 e. The number of ether oxygens (including phenoxy) is 1. The first-order valence-corrected chi connectivity index (χ1v) is 4.02. The van der Waals surface area contributed by atoms with Gasteiger partial charge in [0.1, 0.15) is 12.2 Å². The lowest BCUT2D eigenvalue weighted by atomic mass is 10.2. The predicted molar refractivity (Wildman–Crippen MR) is 53.5 cm³/mol. The topological polar surface area (TPSA) is 72.5 Å². The zero-order chi connectivity index (χ0) is 10.6. The average molecular weight is 193 g/mol. The molecule has 14 heavy (non-hydrogen) atoms. The highest BCUT2D eigenvalue weighted by Crippen LogP contribution is 2.26. The van der Waals surface area contributed by atoms with Crippen LogP contribution in [0.15, 0.2) is 30.9 Å². The van der Waals surface area contributed by atoms with Gasteiger partial charge in [0.2, 0.25) is 0 Å². The number of carboxylic acid groups (broad SMARTS) is 1. The largest absolute Gasteiger partial charge is 0.486 e. The van der Waals surface area contributed by atoms with Crippen molar-refractivity contribution in [1.82, 2.24) is 0 Å². The SMILES string of the molecule is C=CCOc1c(N)cccc1C(=O)O. The molecule has 0 atom stereocenters. The monoisotopic (exact) mass is 193 g/mol. The molecule has 4 heteroatoms. The van der Waals surface area contributed by atoms with E-state index in [4.69, 9.17) is 15.6 Å². The van der Waals surface area contributed by atoms with Gasteiger partial charge in [-0.1, -0.05) is 18.7 Å². The molecule has 0 aliphatic carbocycles. The number of benzene rings is 1. The van der Waals surface area contributed by atoms with Crippen molar-refractivity contribution in [2.24, 2.45) is 0 Å². The number of nitrogen functional groups attached to an aromatic ring is 1. The van der Waals surface area contributed by atoms with E-state index in [1.807, 2.05) is 0 Å². The Balaban J connectivity index is 3.08. The highest BCUT2D eigenvalue weighted by atomic mass is 16.5. The number of carbonyl (C=O) groups is 1. The molecule has 0 saturated heterocycles. The summed E-state index contributed by atoms with van der Waals surface area (Å²) < 4.78 is 5.15. The quantitative estimate of drug-likeness (QED) is 0.561. The van der Waals surface area contributed by atoms with Crippen molar-refractivity contribution in [2.45, 2.75) is 0 Å². The maximum atomic E-state index is 10.8. The van der Waals surface area contributed by atoms with E-state index in [9.17, 15) is 4.79 Å². The van der Waals surface area contributed by atoms with Crippen LogP contribution >= 0.6 is 0 Å². The van der Waals surface area contributed by atoms with Gasteiger partial charge in [-0.05, 0) is 12.1 Å². The van der Waals surface area contributed by atoms with Gasteiger partial charge in [-0.3, -0.25) is 0 Å². The van der Waals surface area contributed by atoms with E-state index >= 15 is 0 Å². The van der Waals surface area contributed by atoms with E-state index in [-0.39, 0.29) is 17.9 Å². The van der Waals surface area contributed by atoms with Gasteiger partial charge in [-0.2, -0.15) is 0 Å². The van der Waals surface area contributed by atoms with Crippen molar-refractivity contribution in [1.29, 1.82) is 0 Å². The zero-order valence-electron chi connectivity index (χ0n) is 7.56. The van der Waals surface area contributed by atoms with Crippen molar-refractivity contribution in [3.8, 4) is 5.75 Å². The summed E-state index contributed by atoms with van der Waals surface area (Å²) in [4.78, 5) is 10.8. The van der Waals surface area contributed by atoms with Gasteiger partial charge < -0.3 is 15.6 Å². The van der Waals surface area contributed by atoms with E-state index in [2.05, 4.69) is 6.58 Å². The molecule has 0 fully saturated rings. The number of anilines is 1. The smallest absolute Gasteiger partial charge is 0.339 e.